The smallest absolute Gasteiger partial charge is 0.150 e. The summed E-state index contributed by atoms with van der Waals surface area (Å²) in [5, 5.41) is 9.23. The maximum Gasteiger partial charge on any atom is 0.150 e. The molecule has 0 amide bonds. The van der Waals surface area contributed by atoms with Crippen molar-refractivity contribution >= 4 is 6.29 Å². The van der Waals surface area contributed by atoms with E-state index >= 15 is 0 Å². The largest absolute Gasteiger partial charge is 0.497 e. The standard InChI is InChI=1S/C11H14O3/c1-8(13)5-10-6-11(14-2)4-3-9(10)7-12/h3-4,6-8,13H,5H2,1-2H3. The summed E-state index contributed by atoms with van der Waals surface area (Å²) < 4.78 is 5.04. The predicted octanol–water partition coefficient (Wildman–Crippen LogP) is 1.43. The number of hydrogen-bond acceptors (Lipinski definition) is 3. The van der Waals surface area contributed by atoms with Crippen molar-refractivity contribution in [3.8, 4) is 5.75 Å². The lowest BCUT2D eigenvalue weighted by molar-refractivity contribution is 0.112. The lowest BCUT2D eigenvalue weighted by Crippen LogP contribution is -2.06. The molecule has 0 saturated carbocycles. The van der Waals surface area contributed by atoms with Crippen LogP contribution in [0.25, 0.3) is 0 Å². The number of aliphatic hydroxyl groups is 1. The van der Waals surface area contributed by atoms with E-state index in [4.69, 9.17) is 4.74 Å². The average Bonchev–Trinajstić information content (AvgIpc) is 2.16. The zero-order valence-corrected chi connectivity index (χ0v) is 8.36. The molecule has 0 aliphatic heterocycles. The molecule has 0 spiro atoms. The molecule has 0 heterocycles. The highest BCUT2D eigenvalue weighted by Crippen LogP contribution is 2.17. The number of carbonyl (C=O) groups is 1. The Balaban J connectivity index is 3.01. The molecular weight excluding hydrogens is 180 g/mol. The van der Waals surface area contributed by atoms with E-state index in [0.717, 1.165) is 11.8 Å². The van der Waals surface area contributed by atoms with Crippen LogP contribution in [0.2, 0.25) is 0 Å². The van der Waals surface area contributed by atoms with E-state index in [1.165, 1.54) is 0 Å². The van der Waals surface area contributed by atoms with Crippen molar-refractivity contribution in [3.63, 3.8) is 0 Å². The van der Waals surface area contributed by atoms with Gasteiger partial charge in [-0.15, -0.1) is 0 Å². The Kier molecular flexibility index (Phi) is 3.65. The molecule has 0 aliphatic carbocycles. The highest BCUT2D eigenvalue weighted by atomic mass is 16.5. The summed E-state index contributed by atoms with van der Waals surface area (Å²) in [7, 11) is 1.57. The number of carbonyl (C=O) groups excluding carboxylic acids is 1. The Hall–Kier alpha value is -1.35. The molecule has 1 aromatic rings. The minimum Gasteiger partial charge on any atom is -0.497 e. The van der Waals surface area contributed by atoms with E-state index in [1.807, 2.05) is 0 Å². The number of ether oxygens (including phenoxy) is 1. The van der Waals surface area contributed by atoms with Gasteiger partial charge < -0.3 is 9.84 Å². The number of rotatable bonds is 4. The van der Waals surface area contributed by atoms with Crippen LogP contribution in [0.1, 0.15) is 22.8 Å². The van der Waals surface area contributed by atoms with Crippen molar-refractivity contribution in [2.45, 2.75) is 19.4 Å². The van der Waals surface area contributed by atoms with Gasteiger partial charge in [-0.1, -0.05) is 0 Å². The summed E-state index contributed by atoms with van der Waals surface area (Å²) in [5.41, 5.74) is 1.42. The van der Waals surface area contributed by atoms with Gasteiger partial charge in [0.15, 0.2) is 0 Å². The maximum absolute atomic E-state index is 10.7. The van der Waals surface area contributed by atoms with Gasteiger partial charge in [-0.25, -0.2) is 0 Å². The molecule has 3 nitrogen and oxygen atoms in total. The van der Waals surface area contributed by atoms with Crippen molar-refractivity contribution in [3.05, 3.63) is 29.3 Å². The third-order valence-electron chi connectivity index (χ3n) is 1.99. The predicted molar refractivity (Wildman–Crippen MR) is 53.8 cm³/mol. The van der Waals surface area contributed by atoms with Crippen LogP contribution in [0.15, 0.2) is 18.2 Å². The third-order valence-corrected chi connectivity index (χ3v) is 1.99. The summed E-state index contributed by atoms with van der Waals surface area (Å²) in [6.07, 6.45) is 0.795. The van der Waals surface area contributed by atoms with Gasteiger partial charge in [0.2, 0.25) is 0 Å². The fraction of sp³-hybridized carbons (Fsp3) is 0.364. The lowest BCUT2D eigenvalue weighted by Gasteiger charge is -2.09. The molecule has 14 heavy (non-hydrogen) atoms. The second kappa shape index (κ2) is 4.77. The van der Waals surface area contributed by atoms with Crippen LogP contribution in [-0.4, -0.2) is 24.6 Å². The first-order valence-electron chi connectivity index (χ1n) is 4.47. The van der Waals surface area contributed by atoms with Gasteiger partial charge >= 0.3 is 0 Å². The van der Waals surface area contributed by atoms with Crippen LogP contribution in [0.3, 0.4) is 0 Å². The van der Waals surface area contributed by atoms with Crippen LogP contribution in [0, 0.1) is 0 Å². The summed E-state index contributed by atoms with van der Waals surface area (Å²) in [6, 6.07) is 5.20. The van der Waals surface area contributed by atoms with E-state index < -0.39 is 6.10 Å². The normalized spacial score (nSPS) is 12.2. The average molecular weight is 194 g/mol. The summed E-state index contributed by atoms with van der Waals surface area (Å²) >= 11 is 0. The molecule has 1 atom stereocenters. The van der Waals surface area contributed by atoms with Crippen LogP contribution in [-0.2, 0) is 6.42 Å². The van der Waals surface area contributed by atoms with Crippen molar-refractivity contribution in [2.75, 3.05) is 7.11 Å². The van der Waals surface area contributed by atoms with Crippen molar-refractivity contribution in [1.29, 1.82) is 0 Å². The van der Waals surface area contributed by atoms with E-state index in [2.05, 4.69) is 0 Å². The minimum absolute atomic E-state index is 0.458. The van der Waals surface area contributed by atoms with Gasteiger partial charge in [-0.2, -0.15) is 0 Å². The number of methoxy groups -OCH3 is 1. The van der Waals surface area contributed by atoms with Gasteiger partial charge in [0.25, 0.3) is 0 Å². The van der Waals surface area contributed by atoms with Crippen LogP contribution >= 0.6 is 0 Å². The van der Waals surface area contributed by atoms with Gasteiger partial charge in [0, 0.05) is 5.56 Å². The molecule has 1 N–H and O–H groups in total. The second-order valence-corrected chi connectivity index (χ2v) is 3.24. The highest BCUT2D eigenvalue weighted by Gasteiger charge is 2.06. The van der Waals surface area contributed by atoms with E-state index in [-0.39, 0.29) is 0 Å². The number of aliphatic hydroxyl groups excluding tert-OH is 1. The zero-order chi connectivity index (χ0) is 10.6. The molecular formula is C11H14O3. The Morgan fingerprint density at radius 2 is 2.29 bits per heavy atom. The molecule has 0 aliphatic rings. The minimum atomic E-state index is -0.458. The molecule has 1 aromatic carbocycles. The quantitative estimate of drug-likeness (QED) is 0.737. The zero-order valence-electron chi connectivity index (χ0n) is 8.36. The fourth-order valence-corrected chi connectivity index (χ4v) is 1.32. The van der Waals surface area contributed by atoms with Gasteiger partial charge in [-0.05, 0) is 37.1 Å². The molecule has 0 aromatic heterocycles. The van der Waals surface area contributed by atoms with Gasteiger partial charge in [0.05, 0.1) is 13.2 Å². The van der Waals surface area contributed by atoms with E-state index in [9.17, 15) is 9.90 Å². The van der Waals surface area contributed by atoms with E-state index in [0.29, 0.717) is 17.7 Å². The van der Waals surface area contributed by atoms with Crippen molar-refractivity contribution in [1.82, 2.24) is 0 Å². The Morgan fingerprint density at radius 3 is 2.79 bits per heavy atom. The molecule has 1 rings (SSSR count). The van der Waals surface area contributed by atoms with E-state index in [1.54, 1.807) is 32.2 Å². The van der Waals surface area contributed by atoms with Gasteiger partial charge in [0.1, 0.15) is 12.0 Å². The summed E-state index contributed by atoms with van der Waals surface area (Å²) in [6.45, 7) is 1.69. The van der Waals surface area contributed by atoms with Crippen molar-refractivity contribution in [2.24, 2.45) is 0 Å². The first-order chi connectivity index (χ1) is 6.67. The van der Waals surface area contributed by atoms with Crippen LogP contribution in [0.5, 0.6) is 5.75 Å². The topological polar surface area (TPSA) is 46.5 Å². The van der Waals surface area contributed by atoms with Crippen LogP contribution in [0.4, 0.5) is 0 Å². The molecule has 76 valence electrons. The molecule has 1 unspecified atom stereocenters. The molecule has 0 bridgehead atoms. The number of hydrogen-bond donors (Lipinski definition) is 1. The highest BCUT2D eigenvalue weighted by molar-refractivity contribution is 5.77. The molecule has 3 heteroatoms. The number of benzene rings is 1. The molecule has 0 saturated heterocycles. The Morgan fingerprint density at radius 1 is 1.57 bits per heavy atom. The molecule has 0 fully saturated rings. The monoisotopic (exact) mass is 194 g/mol. The Labute approximate surface area is 83.3 Å². The van der Waals surface area contributed by atoms with Gasteiger partial charge in [-0.3, -0.25) is 4.79 Å². The van der Waals surface area contributed by atoms with Crippen molar-refractivity contribution < 1.29 is 14.6 Å². The fourth-order valence-electron chi connectivity index (χ4n) is 1.32. The Bertz CT molecular complexity index is 318. The summed E-state index contributed by atoms with van der Waals surface area (Å²) in [4.78, 5) is 10.7. The second-order valence-electron chi connectivity index (χ2n) is 3.24. The summed E-state index contributed by atoms with van der Waals surface area (Å²) in [5.74, 6) is 0.700. The third kappa shape index (κ3) is 2.57. The first-order valence-corrected chi connectivity index (χ1v) is 4.47. The SMILES string of the molecule is COc1ccc(C=O)c(CC(C)O)c1. The maximum atomic E-state index is 10.7. The lowest BCUT2D eigenvalue weighted by atomic mass is 10.0. The first kappa shape index (κ1) is 10.7. The molecule has 0 radical (unpaired) electrons. The number of aldehydes is 1. The van der Waals surface area contributed by atoms with Crippen LogP contribution < -0.4 is 4.74 Å².